The van der Waals surface area contributed by atoms with Crippen LogP contribution in [0.2, 0.25) is 0 Å². The predicted molar refractivity (Wildman–Crippen MR) is 90.2 cm³/mol. The lowest BCUT2D eigenvalue weighted by molar-refractivity contribution is -0.383. The third-order valence-electron chi connectivity index (χ3n) is 3.05. The van der Waals surface area contributed by atoms with Gasteiger partial charge >= 0.3 is 0 Å². The first-order chi connectivity index (χ1) is 10.1. The number of aromatic nitrogens is 3. The van der Waals surface area contributed by atoms with Crippen molar-refractivity contribution in [1.29, 1.82) is 0 Å². The average Bonchev–Trinajstić information content (AvgIpc) is 2.89. The van der Waals surface area contributed by atoms with Crippen LogP contribution in [-0.2, 0) is 0 Å². The van der Waals surface area contributed by atoms with Gasteiger partial charge in [-0.3, -0.25) is 14.9 Å². The third kappa shape index (κ3) is 2.56. The molecule has 3 aromatic rings. The number of benzene rings is 1. The highest BCUT2D eigenvalue weighted by molar-refractivity contribution is 14.2. The molecule has 9 heteroatoms. The molecule has 0 saturated carbocycles. The van der Waals surface area contributed by atoms with E-state index in [2.05, 4.69) is 32.1 Å². The Morgan fingerprint density at radius 2 is 2.14 bits per heavy atom. The highest BCUT2D eigenvalue weighted by Gasteiger charge is 2.18. The van der Waals surface area contributed by atoms with Crippen LogP contribution in [0, 0.1) is 10.1 Å². The maximum atomic E-state index is 11.4. The molecule has 106 valence electrons. The molecule has 7 nitrogen and oxygen atoms in total. The van der Waals surface area contributed by atoms with Crippen LogP contribution in [0.1, 0.15) is 0 Å². The first-order valence-electron chi connectivity index (χ1n) is 5.82. The van der Waals surface area contributed by atoms with Gasteiger partial charge in [0, 0.05) is 18.3 Å². The van der Waals surface area contributed by atoms with E-state index in [0.717, 1.165) is 0 Å². The van der Waals surface area contributed by atoms with Gasteiger partial charge in [-0.2, -0.15) is 5.10 Å². The standard InChI is InChI=1S/C12H8IN4O3P/c13-21-16-10-3-8(7-1-2-14-12(18)5-7)4-11(17(19)20)9(10)6-15-16/h1-6,21H,(H,14,18). The van der Waals surface area contributed by atoms with Crippen molar-refractivity contribution in [3.05, 3.63) is 57.1 Å². The molecule has 0 amide bonds. The minimum Gasteiger partial charge on any atom is -0.329 e. The van der Waals surface area contributed by atoms with Gasteiger partial charge in [-0.1, -0.05) is 0 Å². The summed E-state index contributed by atoms with van der Waals surface area (Å²) < 4.78 is 1.71. The molecule has 1 aromatic carbocycles. The molecule has 1 N–H and O–H groups in total. The summed E-state index contributed by atoms with van der Waals surface area (Å²) in [7, 11) is 0. The van der Waals surface area contributed by atoms with Gasteiger partial charge in [0.1, 0.15) is 0 Å². The molecule has 0 radical (unpaired) electrons. The molecule has 0 saturated heterocycles. The monoisotopic (exact) mass is 414 g/mol. The molecular formula is C12H8IN4O3P. The number of non-ortho nitro benzene ring substituents is 1. The van der Waals surface area contributed by atoms with E-state index in [1.807, 2.05) is 6.07 Å². The fourth-order valence-corrected chi connectivity index (χ4v) is 3.65. The molecule has 3 rings (SSSR count). The molecular weight excluding hydrogens is 406 g/mol. The Morgan fingerprint density at radius 3 is 2.81 bits per heavy atom. The first kappa shape index (κ1) is 14.2. The van der Waals surface area contributed by atoms with Gasteiger partial charge in [-0.05, 0) is 45.3 Å². The minimum absolute atomic E-state index is 0.0105. The highest BCUT2D eigenvalue weighted by atomic mass is 127. The Labute approximate surface area is 132 Å². The molecule has 1 unspecified atom stereocenters. The zero-order chi connectivity index (χ0) is 15.0. The topological polar surface area (TPSA) is 93.8 Å². The van der Waals surface area contributed by atoms with Crippen LogP contribution in [0.3, 0.4) is 0 Å². The molecule has 0 aliphatic heterocycles. The summed E-state index contributed by atoms with van der Waals surface area (Å²) >= 11 is 2.16. The van der Waals surface area contributed by atoms with Crippen LogP contribution in [0.5, 0.6) is 0 Å². The SMILES string of the molecule is O=c1cc(-c2cc([N+](=O)[O-])c3cnn(PI)c3c2)cc[nH]1. The Kier molecular flexibility index (Phi) is 3.73. The van der Waals surface area contributed by atoms with Crippen molar-refractivity contribution < 1.29 is 4.92 Å². The largest absolute Gasteiger partial charge is 0.329 e. The number of nitro benzene ring substituents is 1. The fraction of sp³-hybridized carbons (Fsp3) is 0. The van der Waals surface area contributed by atoms with Crippen molar-refractivity contribution in [2.24, 2.45) is 0 Å². The van der Waals surface area contributed by atoms with E-state index in [9.17, 15) is 14.9 Å². The van der Waals surface area contributed by atoms with E-state index in [0.29, 0.717) is 28.4 Å². The maximum Gasteiger partial charge on any atom is 0.281 e. The second-order valence-corrected chi connectivity index (χ2v) is 6.31. The van der Waals surface area contributed by atoms with Crippen LogP contribution in [0.15, 0.2) is 41.5 Å². The fourth-order valence-electron chi connectivity index (χ4n) is 2.12. The van der Waals surface area contributed by atoms with Crippen molar-refractivity contribution in [2.75, 3.05) is 0 Å². The summed E-state index contributed by atoms with van der Waals surface area (Å²) in [6, 6.07) is 6.41. The van der Waals surface area contributed by atoms with E-state index in [1.165, 1.54) is 24.5 Å². The quantitative estimate of drug-likeness (QED) is 0.309. The summed E-state index contributed by atoms with van der Waals surface area (Å²) in [4.78, 5) is 24.8. The van der Waals surface area contributed by atoms with Crippen molar-refractivity contribution in [3.63, 3.8) is 0 Å². The lowest BCUT2D eigenvalue weighted by Crippen LogP contribution is -2.02. The van der Waals surface area contributed by atoms with Crippen molar-refractivity contribution in [3.8, 4) is 11.1 Å². The molecule has 2 heterocycles. The molecule has 0 aliphatic rings. The number of rotatable bonds is 3. The van der Waals surface area contributed by atoms with Crippen LogP contribution < -0.4 is 5.56 Å². The minimum atomic E-state index is -0.429. The summed E-state index contributed by atoms with van der Waals surface area (Å²) in [5.41, 5.74) is 1.68. The Bertz CT molecular complexity index is 905. The zero-order valence-corrected chi connectivity index (χ0v) is 13.6. The van der Waals surface area contributed by atoms with Crippen molar-refractivity contribution >= 4 is 45.0 Å². The lowest BCUT2D eigenvalue weighted by atomic mass is 10.0. The number of pyridine rings is 1. The van der Waals surface area contributed by atoms with Crippen LogP contribution >= 0.6 is 28.4 Å². The second-order valence-electron chi connectivity index (χ2n) is 4.27. The molecule has 0 aliphatic carbocycles. The molecule has 0 fully saturated rings. The average molecular weight is 414 g/mol. The summed E-state index contributed by atoms with van der Waals surface area (Å²) in [5.74, 6) is 0. The van der Waals surface area contributed by atoms with Crippen LogP contribution in [0.4, 0.5) is 5.69 Å². The number of halogens is 1. The Morgan fingerprint density at radius 1 is 1.33 bits per heavy atom. The number of nitrogens with one attached hydrogen (secondary N) is 1. The maximum absolute atomic E-state index is 11.4. The number of H-pyrrole nitrogens is 1. The molecule has 0 bridgehead atoms. The van der Waals surface area contributed by atoms with Gasteiger partial charge in [-0.15, -0.1) is 0 Å². The second kappa shape index (κ2) is 5.53. The first-order valence-corrected chi connectivity index (χ1v) is 9.88. The molecule has 0 spiro atoms. The van der Waals surface area contributed by atoms with Gasteiger partial charge in [0.05, 0.1) is 28.4 Å². The normalized spacial score (nSPS) is 11.5. The van der Waals surface area contributed by atoms with E-state index in [1.54, 1.807) is 10.5 Å². The van der Waals surface area contributed by atoms with Gasteiger partial charge in [0.25, 0.3) is 5.69 Å². The highest BCUT2D eigenvalue weighted by Crippen LogP contribution is 2.36. The van der Waals surface area contributed by atoms with Crippen molar-refractivity contribution in [1.82, 2.24) is 14.5 Å². The summed E-state index contributed by atoms with van der Waals surface area (Å²) in [5, 5.41) is 15.9. The molecule has 2 aromatic heterocycles. The van der Waals surface area contributed by atoms with E-state index in [4.69, 9.17) is 0 Å². The van der Waals surface area contributed by atoms with Gasteiger partial charge < -0.3 is 4.98 Å². The number of nitrogens with zero attached hydrogens (tertiary/aromatic N) is 3. The van der Waals surface area contributed by atoms with Gasteiger partial charge in [0.2, 0.25) is 5.56 Å². The number of hydrogen-bond acceptors (Lipinski definition) is 4. The zero-order valence-electron chi connectivity index (χ0n) is 10.4. The van der Waals surface area contributed by atoms with Gasteiger partial charge in [0.15, 0.2) is 0 Å². The van der Waals surface area contributed by atoms with E-state index < -0.39 is 4.92 Å². The Balaban J connectivity index is 2.33. The Hall–Kier alpha value is -1.80. The van der Waals surface area contributed by atoms with Crippen LogP contribution in [-0.4, -0.2) is 19.5 Å². The molecule has 1 atom stereocenters. The molecule has 21 heavy (non-hydrogen) atoms. The summed E-state index contributed by atoms with van der Waals surface area (Å²) in [6.45, 7) is 0. The smallest absolute Gasteiger partial charge is 0.281 e. The number of fused-ring (bicyclic) bond motifs is 1. The van der Waals surface area contributed by atoms with Crippen molar-refractivity contribution in [2.45, 2.75) is 0 Å². The van der Waals surface area contributed by atoms with E-state index in [-0.39, 0.29) is 11.2 Å². The number of nitro groups is 1. The number of hydrogen-bond donors (Lipinski definition) is 1. The third-order valence-corrected chi connectivity index (χ3v) is 4.94. The van der Waals surface area contributed by atoms with Crippen LogP contribution in [0.25, 0.3) is 22.0 Å². The van der Waals surface area contributed by atoms with E-state index >= 15 is 0 Å². The lowest BCUT2D eigenvalue weighted by Gasteiger charge is -2.04. The summed E-state index contributed by atoms with van der Waals surface area (Å²) in [6.07, 6.45) is 3.35. The number of aromatic amines is 1. The predicted octanol–water partition coefficient (Wildman–Crippen LogP) is 3.09. The van der Waals surface area contributed by atoms with Gasteiger partial charge in [-0.25, -0.2) is 4.45 Å².